The van der Waals surface area contributed by atoms with Crippen LogP contribution in [0.4, 0.5) is 21.9 Å². The average Bonchev–Trinajstić information content (AvgIpc) is 3.19. The summed E-state index contributed by atoms with van der Waals surface area (Å²) in [7, 11) is 1.45. The summed E-state index contributed by atoms with van der Waals surface area (Å²) < 4.78 is 12.1. The monoisotopic (exact) mass is 798 g/mol. The van der Waals surface area contributed by atoms with Crippen molar-refractivity contribution in [3.63, 3.8) is 0 Å². The van der Waals surface area contributed by atoms with E-state index in [4.69, 9.17) is 9.47 Å². The summed E-state index contributed by atoms with van der Waals surface area (Å²) in [6.45, 7) is 1.80. The standard InChI is InChI=1S/C43H35BrN4O7/c1-54-38-22-27(21-37(44)40(38)55-25-26-9-8-14-30(19-26)48(52)53)20-36-41(49)45-43(51)47(42(36)50)31-23-34-32(28-10-4-2-5-11-28)15-17-46-18-16-33(35(24-31)39(34)46)29-12-6-3-7-13-29/h2-14,19-24,32-33H,15-18,25H2,1H3,(H,45,49,51)/b36-20+/t32-,33-/m0/s1. The third-order valence-electron chi connectivity index (χ3n) is 10.4. The molecule has 11 nitrogen and oxygen atoms in total. The second-order valence-corrected chi connectivity index (χ2v) is 14.5. The van der Waals surface area contributed by atoms with Crippen molar-refractivity contribution in [1.29, 1.82) is 0 Å². The maximum atomic E-state index is 14.4. The van der Waals surface area contributed by atoms with Crippen molar-refractivity contribution in [2.24, 2.45) is 0 Å². The number of carbonyl (C=O) groups excluding carboxylic acids is 3. The van der Waals surface area contributed by atoms with Gasteiger partial charge in [0.15, 0.2) is 11.5 Å². The van der Waals surface area contributed by atoms with E-state index in [1.807, 2.05) is 48.5 Å². The second-order valence-electron chi connectivity index (χ2n) is 13.7. The van der Waals surface area contributed by atoms with Gasteiger partial charge in [-0.3, -0.25) is 25.0 Å². The predicted molar refractivity (Wildman–Crippen MR) is 212 cm³/mol. The van der Waals surface area contributed by atoms with Crippen LogP contribution in [0.2, 0.25) is 0 Å². The Morgan fingerprint density at radius 3 is 2.09 bits per heavy atom. The number of nitro benzene ring substituents is 1. The Hall–Kier alpha value is -6.27. The van der Waals surface area contributed by atoms with Crippen LogP contribution in [0.15, 0.2) is 119 Å². The van der Waals surface area contributed by atoms with Crippen molar-refractivity contribution in [1.82, 2.24) is 5.32 Å². The molecule has 4 amide bonds. The average molecular weight is 800 g/mol. The normalized spacial score (nSPS) is 18.5. The number of carbonyl (C=O) groups is 3. The van der Waals surface area contributed by atoms with Crippen molar-refractivity contribution in [2.45, 2.75) is 31.3 Å². The first-order chi connectivity index (χ1) is 26.7. The molecule has 1 fully saturated rings. The van der Waals surface area contributed by atoms with Gasteiger partial charge in [0, 0.05) is 42.7 Å². The second kappa shape index (κ2) is 14.9. The van der Waals surface area contributed by atoms with Crippen molar-refractivity contribution in [3.8, 4) is 11.5 Å². The van der Waals surface area contributed by atoms with Gasteiger partial charge in [-0.2, -0.15) is 0 Å². The molecule has 2 atom stereocenters. The maximum absolute atomic E-state index is 14.4. The molecule has 0 saturated carbocycles. The number of nitrogens with one attached hydrogen (secondary N) is 1. The smallest absolute Gasteiger partial charge is 0.335 e. The van der Waals surface area contributed by atoms with E-state index in [1.54, 1.807) is 24.3 Å². The fourth-order valence-electron chi connectivity index (χ4n) is 7.91. The Morgan fingerprint density at radius 1 is 0.855 bits per heavy atom. The lowest BCUT2D eigenvalue weighted by Gasteiger charge is -2.44. The molecule has 0 aliphatic carbocycles. The van der Waals surface area contributed by atoms with E-state index in [9.17, 15) is 24.5 Å². The number of hydrogen-bond donors (Lipinski definition) is 1. The highest BCUT2D eigenvalue weighted by Crippen LogP contribution is 2.50. The van der Waals surface area contributed by atoms with Crippen LogP contribution in [0.1, 0.15) is 58.1 Å². The molecule has 276 valence electrons. The number of nitrogens with zero attached hydrogens (tertiary/aromatic N) is 3. The quantitative estimate of drug-likeness (QED) is 0.0680. The molecule has 12 heteroatoms. The van der Waals surface area contributed by atoms with Gasteiger partial charge < -0.3 is 14.4 Å². The Bertz CT molecular complexity index is 2310. The summed E-state index contributed by atoms with van der Waals surface area (Å²) in [5, 5.41) is 13.6. The molecule has 1 saturated heterocycles. The van der Waals surface area contributed by atoms with Crippen molar-refractivity contribution in [3.05, 3.63) is 163 Å². The van der Waals surface area contributed by atoms with Gasteiger partial charge in [-0.1, -0.05) is 72.8 Å². The number of imide groups is 2. The molecule has 0 bridgehead atoms. The third kappa shape index (κ3) is 6.85. The number of hydrogen-bond acceptors (Lipinski definition) is 8. The summed E-state index contributed by atoms with van der Waals surface area (Å²) in [5.41, 5.74) is 6.67. The number of non-ortho nitro benzene ring substituents is 1. The highest BCUT2D eigenvalue weighted by Gasteiger charge is 2.40. The van der Waals surface area contributed by atoms with E-state index in [1.165, 1.54) is 25.3 Å². The highest BCUT2D eigenvalue weighted by molar-refractivity contribution is 9.10. The lowest BCUT2D eigenvalue weighted by molar-refractivity contribution is -0.384. The van der Waals surface area contributed by atoms with Gasteiger partial charge in [0.2, 0.25) is 0 Å². The first-order valence-electron chi connectivity index (χ1n) is 17.9. The van der Waals surface area contributed by atoms with Gasteiger partial charge in [-0.15, -0.1) is 0 Å². The van der Waals surface area contributed by atoms with Gasteiger partial charge in [-0.05, 0) is 92.5 Å². The molecule has 0 spiro atoms. The summed E-state index contributed by atoms with van der Waals surface area (Å²) in [6.07, 6.45) is 3.17. The molecule has 0 unspecified atom stereocenters. The van der Waals surface area contributed by atoms with E-state index in [0.717, 1.165) is 58.8 Å². The zero-order chi connectivity index (χ0) is 38.2. The number of anilines is 2. The first-order valence-corrected chi connectivity index (χ1v) is 18.7. The number of rotatable bonds is 9. The Morgan fingerprint density at radius 2 is 1.49 bits per heavy atom. The maximum Gasteiger partial charge on any atom is 0.335 e. The number of urea groups is 1. The minimum Gasteiger partial charge on any atom is -0.493 e. The van der Waals surface area contributed by atoms with E-state index < -0.39 is 22.8 Å². The van der Waals surface area contributed by atoms with Gasteiger partial charge in [0.05, 0.1) is 22.2 Å². The van der Waals surface area contributed by atoms with Crippen LogP contribution < -0.4 is 24.6 Å². The molecule has 55 heavy (non-hydrogen) atoms. The number of methoxy groups -OCH3 is 1. The molecular formula is C43H35BrN4O7. The predicted octanol–water partition coefficient (Wildman–Crippen LogP) is 8.49. The fourth-order valence-corrected chi connectivity index (χ4v) is 8.48. The molecule has 0 radical (unpaired) electrons. The minimum atomic E-state index is -0.820. The summed E-state index contributed by atoms with van der Waals surface area (Å²) in [4.78, 5) is 55.6. The Kier molecular flexibility index (Phi) is 9.66. The Balaban J connectivity index is 1.17. The molecule has 3 heterocycles. The zero-order valence-electron chi connectivity index (χ0n) is 29.7. The molecule has 0 aromatic heterocycles. The fraction of sp³-hybridized carbons (Fsp3) is 0.186. The van der Waals surface area contributed by atoms with Crippen LogP contribution in [-0.4, -0.2) is 43.0 Å². The van der Waals surface area contributed by atoms with Crippen molar-refractivity contribution >= 4 is 56.9 Å². The lowest BCUT2D eigenvalue weighted by atomic mass is 9.76. The molecule has 3 aliphatic heterocycles. The third-order valence-corrected chi connectivity index (χ3v) is 11.0. The van der Waals surface area contributed by atoms with E-state index >= 15 is 0 Å². The molecule has 5 aromatic rings. The molecule has 8 rings (SSSR count). The number of barbiturate groups is 1. The summed E-state index contributed by atoms with van der Waals surface area (Å²) in [6, 6.07) is 33.0. The summed E-state index contributed by atoms with van der Waals surface area (Å²) >= 11 is 3.52. The number of benzene rings is 5. The number of nitro groups is 1. The van der Waals surface area contributed by atoms with Crippen LogP contribution in [-0.2, 0) is 16.2 Å². The first kappa shape index (κ1) is 35.7. The number of halogens is 1. The molecular weight excluding hydrogens is 764 g/mol. The van der Waals surface area contributed by atoms with Crippen LogP contribution in [0.5, 0.6) is 11.5 Å². The molecule has 1 N–H and O–H groups in total. The minimum absolute atomic E-state index is 0.0197. The van der Waals surface area contributed by atoms with Gasteiger partial charge in [0.25, 0.3) is 17.5 Å². The van der Waals surface area contributed by atoms with Gasteiger partial charge in [0.1, 0.15) is 12.2 Å². The van der Waals surface area contributed by atoms with Gasteiger partial charge >= 0.3 is 6.03 Å². The molecule has 5 aromatic carbocycles. The van der Waals surface area contributed by atoms with Crippen molar-refractivity contribution < 1.29 is 28.8 Å². The zero-order valence-corrected chi connectivity index (χ0v) is 31.3. The molecule has 3 aliphatic rings. The van der Waals surface area contributed by atoms with E-state index in [-0.39, 0.29) is 29.7 Å². The van der Waals surface area contributed by atoms with Gasteiger partial charge in [-0.25, -0.2) is 9.69 Å². The number of amides is 4. The Labute approximate surface area is 325 Å². The summed E-state index contributed by atoms with van der Waals surface area (Å²) in [5.74, 6) is -0.864. The van der Waals surface area contributed by atoms with Crippen LogP contribution in [0.3, 0.4) is 0 Å². The van der Waals surface area contributed by atoms with Crippen molar-refractivity contribution in [2.75, 3.05) is 30.0 Å². The van der Waals surface area contributed by atoms with Crippen LogP contribution in [0.25, 0.3) is 6.08 Å². The van der Waals surface area contributed by atoms with Crippen LogP contribution >= 0.6 is 15.9 Å². The van der Waals surface area contributed by atoms with Crippen LogP contribution in [0, 0.1) is 10.1 Å². The van der Waals surface area contributed by atoms with E-state index in [0.29, 0.717) is 32.8 Å². The van der Waals surface area contributed by atoms with E-state index in [2.05, 4.69) is 50.4 Å². The SMILES string of the molecule is COc1cc(/C=C2\C(=O)NC(=O)N(c3cc4c5c(c3)[C@H](c3ccccc3)CCN5CC[C@H]4c3ccccc3)C2=O)cc(Br)c1OCc1cccc([N+](=O)[O-])c1. The largest absolute Gasteiger partial charge is 0.493 e. The number of ether oxygens (including phenoxy) is 2. The lowest BCUT2D eigenvalue weighted by Crippen LogP contribution is -2.54. The highest BCUT2D eigenvalue weighted by atomic mass is 79.9. The topological polar surface area (TPSA) is 131 Å².